The molecule has 0 amide bonds. The molecular weight excluding hydrogens is 190 g/mol. The second-order valence-electron chi connectivity index (χ2n) is 2.86. The van der Waals surface area contributed by atoms with E-state index in [1.807, 2.05) is 12.1 Å². The van der Waals surface area contributed by atoms with Crippen molar-refractivity contribution in [3.63, 3.8) is 0 Å². The molecule has 2 heterocycles. The normalized spacial score (nSPS) is 17.9. The summed E-state index contributed by atoms with van der Waals surface area (Å²) >= 11 is 5.74. The molecule has 13 heavy (non-hydrogen) atoms. The summed E-state index contributed by atoms with van der Waals surface area (Å²) < 4.78 is 10.6. The average molecular weight is 200 g/mol. The van der Waals surface area contributed by atoms with Crippen molar-refractivity contribution in [3.8, 4) is 0 Å². The van der Waals surface area contributed by atoms with Crippen molar-refractivity contribution < 1.29 is 9.47 Å². The van der Waals surface area contributed by atoms with Gasteiger partial charge in [-0.05, 0) is 17.7 Å². The Kier molecular flexibility index (Phi) is 2.78. The van der Waals surface area contributed by atoms with Crippen molar-refractivity contribution in [1.29, 1.82) is 0 Å². The van der Waals surface area contributed by atoms with E-state index < -0.39 is 0 Å². The molecule has 1 aliphatic rings. The van der Waals surface area contributed by atoms with Crippen LogP contribution >= 0.6 is 11.6 Å². The maximum atomic E-state index is 5.74. The van der Waals surface area contributed by atoms with E-state index >= 15 is 0 Å². The van der Waals surface area contributed by atoms with Crippen LogP contribution in [0.5, 0.6) is 0 Å². The summed E-state index contributed by atoms with van der Waals surface area (Å²) in [5.74, 6) is 0. The Morgan fingerprint density at radius 3 is 2.92 bits per heavy atom. The largest absolute Gasteiger partial charge is 0.350 e. The Hall–Kier alpha value is -0.640. The highest BCUT2D eigenvalue weighted by Crippen LogP contribution is 2.13. The molecule has 4 heteroatoms. The zero-order valence-electron chi connectivity index (χ0n) is 7.07. The van der Waals surface area contributed by atoms with Gasteiger partial charge in [0.2, 0.25) is 0 Å². The fourth-order valence-corrected chi connectivity index (χ4v) is 1.48. The lowest BCUT2D eigenvalue weighted by atomic mass is 10.2. The van der Waals surface area contributed by atoms with Gasteiger partial charge < -0.3 is 9.47 Å². The van der Waals surface area contributed by atoms with Gasteiger partial charge in [-0.1, -0.05) is 11.6 Å². The van der Waals surface area contributed by atoms with Gasteiger partial charge in [-0.3, -0.25) is 0 Å². The Morgan fingerprint density at radius 2 is 2.23 bits per heavy atom. The minimum atomic E-state index is -0.113. The number of halogens is 1. The topological polar surface area (TPSA) is 31.4 Å². The SMILES string of the molecule is Clc1cc(CC2OCCO2)ccn1. The molecule has 0 bridgehead atoms. The lowest BCUT2D eigenvalue weighted by molar-refractivity contribution is -0.0400. The van der Waals surface area contributed by atoms with Crippen LogP contribution in [0.4, 0.5) is 0 Å². The zero-order chi connectivity index (χ0) is 9.10. The molecule has 0 saturated carbocycles. The third-order valence-electron chi connectivity index (χ3n) is 1.88. The van der Waals surface area contributed by atoms with Gasteiger partial charge in [-0.25, -0.2) is 4.98 Å². The van der Waals surface area contributed by atoms with E-state index in [2.05, 4.69) is 4.98 Å². The summed E-state index contributed by atoms with van der Waals surface area (Å²) in [5, 5.41) is 0.510. The minimum Gasteiger partial charge on any atom is -0.350 e. The predicted octanol–water partition coefficient (Wildman–Crippen LogP) is 1.65. The van der Waals surface area contributed by atoms with E-state index in [9.17, 15) is 0 Å². The molecule has 2 rings (SSSR count). The van der Waals surface area contributed by atoms with E-state index in [1.165, 1.54) is 0 Å². The molecule has 70 valence electrons. The van der Waals surface area contributed by atoms with Crippen LogP contribution in [0, 0.1) is 0 Å². The number of hydrogen-bond acceptors (Lipinski definition) is 3. The van der Waals surface area contributed by atoms with Crippen LogP contribution in [-0.2, 0) is 15.9 Å². The Balaban J connectivity index is 2.00. The van der Waals surface area contributed by atoms with E-state index in [1.54, 1.807) is 6.20 Å². The molecule has 0 spiro atoms. The highest BCUT2D eigenvalue weighted by molar-refractivity contribution is 6.29. The van der Waals surface area contributed by atoms with Gasteiger partial charge >= 0.3 is 0 Å². The number of pyridine rings is 1. The molecule has 1 aliphatic heterocycles. The van der Waals surface area contributed by atoms with Crippen LogP contribution in [0.1, 0.15) is 5.56 Å². The molecule has 0 radical (unpaired) electrons. The monoisotopic (exact) mass is 199 g/mol. The van der Waals surface area contributed by atoms with Gasteiger partial charge in [0, 0.05) is 12.6 Å². The molecule has 1 aromatic rings. The summed E-state index contributed by atoms with van der Waals surface area (Å²) in [6, 6.07) is 3.74. The summed E-state index contributed by atoms with van der Waals surface area (Å²) in [4.78, 5) is 3.90. The third-order valence-corrected chi connectivity index (χ3v) is 2.09. The molecule has 1 fully saturated rings. The summed E-state index contributed by atoms with van der Waals surface area (Å²) in [6.45, 7) is 1.37. The third kappa shape index (κ3) is 2.40. The summed E-state index contributed by atoms with van der Waals surface area (Å²) in [5.41, 5.74) is 1.09. The number of rotatable bonds is 2. The fourth-order valence-electron chi connectivity index (χ4n) is 1.29. The Bertz CT molecular complexity index is 287. The predicted molar refractivity (Wildman–Crippen MR) is 48.6 cm³/mol. The smallest absolute Gasteiger partial charge is 0.161 e. The quantitative estimate of drug-likeness (QED) is 0.679. The number of aromatic nitrogens is 1. The van der Waals surface area contributed by atoms with Gasteiger partial charge in [-0.2, -0.15) is 0 Å². The van der Waals surface area contributed by atoms with Crippen LogP contribution in [0.2, 0.25) is 5.15 Å². The number of hydrogen-bond donors (Lipinski definition) is 0. The highest BCUT2D eigenvalue weighted by atomic mass is 35.5. The van der Waals surface area contributed by atoms with Crippen molar-refractivity contribution in [1.82, 2.24) is 4.98 Å². The van der Waals surface area contributed by atoms with Crippen LogP contribution in [0.3, 0.4) is 0 Å². The Morgan fingerprint density at radius 1 is 1.46 bits per heavy atom. The van der Waals surface area contributed by atoms with E-state index in [4.69, 9.17) is 21.1 Å². The van der Waals surface area contributed by atoms with Gasteiger partial charge in [0.15, 0.2) is 6.29 Å². The maximum Gasteiger partial charge on any atom is 0.161 e. The lowest BCUT2D eigenvalue weighted by Crippen LogP contribution is -2.11. The first kappa shape index (κ1) is 8.94. The standard InChI is InChI=1S/C9H10ClNO2/c10-8-5-7(1-2-11-8)6-9-12-3-4-13-9/h1-2,5,9H,3-4,6H2. The van der Waals surface area contributed by atoms with E-state index in [0.29, 0.717) is 18.4 Å². The molecule has 0 aromatic carbocycles. The van der Waals surface area contributed by atoms with Crippen molar-refractivity contribution in [2.45, 2.75) is 12.7 Å². The van der Waals surface area contributed by atoms with Crippen molar-refractivity contribution in [3.05, 3.63) is 29.0 Å². The zero-order valence-corrected chi connectivity index (χ0v) is 7.83. The van der Waals surface area contributed by atoms with Crippen molar-refractivity contribution in [2.75, 3.05) is 13.2 Å². The second kappa shape index (κ2) is 4.05. The van der Waals surface area contributed by atoms with Gasteiger partial charge in [0.1, 0.15) is 5.15 Å². The van der Waals surface area contributed by atoms with Crippen LogP contribution < -0.4 is 0 Å². The molecule has 1 saturated heterocycles. The number of ether oxygens (including phenoxy) is 2. The lowest BCUT2D eigenvalue weighted by Gasteiger charge is -2.08. The molecular formula is C9H10ClNO2. The van der Waals surface area contributed by atoms with Gasteiger partial charge in [-0.15, -0.1) is 0 Å². The van der Waals surface area contributed by atoms with Gasteiger partial charge in [0.05, 0.1) is 13.2 Å². The molecule has 3 nitrogen and oxygen atoms in total. The minimum absolute atomic E-state index is 0.113. The molecule has 0 atom stereocenters. The van der Waals surface area contributed by atoms with Crippen molar-refractivity contribution >= 4 is 11.6 Å². The molecule has 1 aromatic heterocycles. The van der Waals surface area contributed by atoms with Crippen molar-refractivity contribution in [2.24, 2.45) is 0 Å². The fraction of sp³-hybridized carbons (Fsp3) is 0.444. The molecule has 0 unspecified atom stereocenters. The Labute approximate surface area is 81.6 Å². The van der Waals surface area contributed by atoms with Crippen LogP contribution in [0.25, 0.3) is 0 Å². The van der Waals surface area contributed by atoms with E-state index in [0.717, 1.165) is 12.0 Å². The van der Waals surface area contributed by atoms with Gasteiger partial charge in [0.25, 0.3) is 0 Å². The molecule has 0 aliphatic carbocycles. The summed E-state index contributed by atoms with van der Waals surface area (Å²) in [7, 11) is 0. The highest BCUT2D eigenvalue weighted by Gasteiger charge is 2.16. The first-order valence-corrected chi connectivity index (χ1v) is 4.56. The maximum absolute atomic E-state index is 5.74. The second-order valence-corrected chi connectivity index (χ2v) is 3.25. The summed E-state index contributed by atoms with van der Waals surface area (Å²) in [6.07, 6.45) is 2.31. The first-order valence-electron chi connectivity index (χ1n) is 4.18. The number of nitrogens with zero attached hydrogens (tertiary/aromatic N) is 1. The van der Waals surface area contributed by atoms with Crippen LogP contribution in [0.15, 0.2) is 18.3 Å². The molecule has 0 N–H and O–H groups in total. The average Bonchev–Trinajstić information content (AvgIpc) is 2.57. The van der Waals surface area contributed by atoms with Crippen LogP contribution in [-0.4, -0.2) is 24.5 Å². The van der Waals surface area contributed by atoms with E-state index in [-0.39, 0.29) is 6.29 Å². The first-order chi connectivity index (χ1) is 6.34.